The number of carbonyl (C=O) groups excluding carboxylic acids is 1. The van der Waals surface area contributed by atoms with Crippen LogP contribution >= 0.6 is 0 Å². The Morgan fingerprint density at radius 1 is 0.926 bits per heavy atom. The maximum Gasteiger partial charge on any atom is 0.349 e. The van der Waals surface area contributed by atoms with Gasteiger partial charge in [-0.2, -0.15) is 0 Å². The van der Waals surface area contributed by atoms with Crippen LogP contribution in [-0.2, 0) is 4.79 Å². The third-order valence-corrected chi connectivity index (χ3v) is 3.84. The average molecular weight is 370 g/mol. The Labute approximate surface area is 155 Å². The lowest BCUT2D eigenvalue weighted by molar-refractivity contribution is -0.136. The maximum absolute atomic E-state index is 12.1. The van der Waals surface area contributed by atoms with Gasteiger partial charge in [0.05, 0.1) is 14.2 Å². The molecule has 0 amide bonds. The number of benzene rings is 2. The summed E-state index contributed by atoms with van der Waals surface area (Å²) in [5.41, 5.74) is 0.756. The van der Waals surface area contributed by atoms with Crippen molar-refractivity contribution in [1.82, 2.24) is 0 Å². The molecule has 0 fully saturated rings. The van der Waals surface area contributed by atoms with Gasteiger partial charge in [-0.15, -0.1) is 0 Å². The molecule has 0 spiro atoms. The molecule has 0 N–H and O–H groups in total. The number of rotatable bonds is 6. The molecule has 140 valence electrons. The number of hydrogen-bond acceptors (Lipinski definition) is 7. The summed E-state index contributed by atoms with van der Waals surface area (Å²) in [6.45, 7) is 1.50. The van der Waals surface area contributed by atoms with Crippen molar-refractivity contribution in [2.75, 3.05) is 20.8 Å². The van der Waals surface area contributed by atoms with E-state index in [2.05, 4.69) is 0 Å². The molecule has 0 aliphatic carbocycles. The number of hydrogen-bond donors (Lipinski definition) is 0. The highest BCUT2D eigenvalue weighted by Crippen LogP contribution is 2.27. The van der Waals surface area contributed by atoms with Crippen LogP contribution in [0.3, 0.4) is 0 Å². The van der Waals surface area contributed by atoms with E-state index in [-0.39, 0.29) is 12.4 Å². The summed E-state index contributed by atoms with van der Waals surface area (Å²) in [4.78, 5) is 23.5. The highest BCUT2D eigenvalue weighted by atomic mass is 16.6. The van der Waals surface area contributed by atoms with Crippen molar-refractivity contribution in [2.24, 2.45) is 0 Å². The van der Waals surface area contributed by atoms with Gasteiger partial charge in [-0.05, 0) is 24.6 Å². The number of carbonyl (C=O) groups is 1. The highest BCUT2D eigenvalue weighted by Gasteiger charge is 2.10. The Hall–Kier alpha value is -3.48. The Balaban J connectivity index is 1.69. The van der Waals surface area contributed by atoms with Crippen LogP contribution < -0.4 is 24.6 Å². The van der Waals surface area contributed by atoms with E-state index in [1.54, 1.807) is 36.4 Å². The van der Waals surface area contributed by atoms with Crippen molar-refractivity contribution in [3.05, 3.63) is 58.4 Å². The Bertz CT molecular complexity index is 1010. The van der Waals surface area contributed by atoms with E-state index in [9.17, 15) is 9.59 Å². The monoisotopic (exact) mass is 370 g/mol. The molecule has 27 heavy (non-hydrogen) atoms. The first-order chi connectivity index (χ1) is 13.0. The lowest BCUT2D eigenvalue weighted by Crippen LogP contribution is -2.17. The third kappa shape index (κ3) is 4.38. The zero-order chi connectivity index (χ0) is 19.4. The van der Waals surface area contributed by atoms with Gasteiger partial charge in [0.2, 0.25) is 0 Å². The van der Waals surface area contributed by atoms with Gasteiger partial charge in [0.25, 0.3) is 0 Å². The van der Waals surface area contributed by atoms with Crippen LogP contribution in [0.25, 0.3) is 11.0 Å². The van der Waals surface area contributed by atoms with Crippen molar-refractivity contribution in [2.45, 2.75) is 6.92 Å². The summed E-state index contributed by atoms with van der Waals surface area (Å²) < 4.78 is 26.1. The SMILES string of the molecule is COc1cc(OC)cc(OC(=O)COc2ccc3c(C)cc(=O)oc3c2)c1. The minimum Gasteiger partial charge on any atom is -0.496 e. The molecule has 1 aromatic heterocycles. The quantitative estimate of drug-likeness (QED) is 0.374. The van der Waals surface area contributed by atoms with Crippen LogP contribution in [-0.4, -0.2) is 26.8 Å². The summed E-state index contributed by atoms with van der Waals surface area (Å²) in [6.07, 6.45) is 0. The van der Waals surface area contributed by atoms with E-state index < -0.39 is 11.6 Å². The molecule has 0 radical (unpaired) electrons. The van der Waals surface area contributed by atoms with Crippen LogP contribution in [0.1, 0.15) is 5.56 Å². The molecule has 0 aliphatic heterocycles. The molecule has 0 aliphatic rings. The number of aryl methyl sites for hydroxylation is 1. The van der Waals surface area contributed by atoms with Crippen molar-refractivity contribution >= 4 is 16.9 Å². The fourth-order valence-corrected chi connectivity index (χ4v) is 2.54. The summed E-state index contributed by atoms with van der Waals surface area (Å²) in [7, 11) is 3.01. The molecule has 0 saturated heterocycles. The third-order valence-electron chi connectivity index (χ3n) is 3.84. The number of fused-ring (bicyclic) bond motifs is 1. The van der Waals surface area contributed by atoms with Crippen molar-refractivity contribution in [3.63, 3.8) is 0 Å². The molecule has 0 atom stereocenters. The fourth-order valence-electron chi connectivity index (χ4n) is 2.54. The van der Waals surface area contributed by atoms with Crippen LogP contribution in [0.5, 0.6) is 23.0 Å². The predicted molar refractivity (Wildman–Crippen MR) is 97.9 cm³/mol. The average Bonchev–Trinajstić information content (AvgIpc) is 2.65. The molecular formula is C20H18O7. The van der Waals surface area contributed by atoms with Gasteiger partial charge in [0.1, 0.15) is 28.6 Å². The topological polar surface area (TPSA) is 84.2 Å². The predicted octanol–water partition coefficient (Wildman–Crippen LogP) is 3.10. The fraction of sp³-hybridized carbons (Fsp3) is 0.200. The molecule has 2 aromatic carbocycles. The molecule has 3 rings (SSSR count). The van der Waals surface area contributed by atoms with E-state index in [1.807, 2.05) is 6.92 Å². The first-order valence-electron chi connectivity index (χ1n) is 8.09. The highest BCUT2D eigenvalue weighted by molar-refractivity contribution is 5.81. The summed E-state index contributed by atoms with van der Waals surface area (Å²) in [5, 5.41) is 0.799. The molecule has 1 heterocycles. The second kappa shape index (κ2) is 7.82. The van der Waals surface area contributed by atoms with Crippen LogP contribution in [0.4, 0.5) is 0 Å². The van der Waals surface area contributed by atoms with Gasteiger partial charge in [-0.3, -0.25) is 0 Å². The number of ether oxygens (including phenoxy) is 4. The second-order valence-corrected chi connectivity index (χ2v) is 5.72. The van der Waals surface area contributed by atoms with Crippen molar-refractivity contribution in [1.29, 1.82) is 0 Å². The van der Waals surface area contributed by atoms with Crippen LogP contribution in [0.2, 0.25) is 0 Å². The normalized spacial score (nSPS) is 10.5. The first-order valence-corrected chi connectivity index (χ1v) is 8.09. The Morgan fingerprint density at radius 2 is 1.59 bits per heavy atom. The minimum absolute atomic E-state index is 0.278. The lowest BCUT2D eigenvalue weighted by Gasteiger charge is -2.10. The Morgan fingerprint density at radius 3 is 2.26 bits per heavy atom. The van der Waals surface area contributed by atoms with Crippen LogP contribution in [0.15, 0.2) is 51.7 Å². The number of methoxy groups -OCH3 is 2. The van der Waals surface area contributed by atoms with E-state index in [0.29, 0.717) is 22.8 Å². The van der Waals surface area contributed by atoms with E-state index in [1.165, 1.54) is 20.3 Å². The van der Waals surface area contributed by atoms with Crippen LogP contribution in [0, 0.1) is 6.92 Å². The van der Waals surface area contributed by atoms with Crippen molar-refractivity contribution < 1.29 is 28.2 Å². The molecule has 0 unspecified atom stereocenters. The van der Waals surface area contributed by atoms with Crippen molar-refractivity contribution in [3.8, 4) is 23.0 Å². The molecule has 7 nitrogen and oxygen atoms in total. The lowest BCUT2D eigenvalue weighted by atomic mass is 10.1. The summed E-state index contributed by atoms with van der Waals surface area (Å²) in [5.74, 6) is 1.06. The summed E-state index contributed by atoms with van der Waals surface area (Å²) >= 11 is 0. The zero-order valence-corrected chi connectivity index (χ0v) is 15.1. The second-order valence-electron chi connectivity index (χ2n) is 5.72. The van der Waals surface area contributed by atoms with Gasteiger partial charge < -0.3 is 23.4 Å². The maximum atomic E-state index is 12.1. The van der Waals surface area contributed by atoms with Gasteiger partial charge >= 0.3 is 11.6 Å². The van der Waals surface area contributed by atoms with Gasteiger partial charge in [-0.25, -0.2) is 9.59 Å². The number of esters is 1. The molecule has 3 aromatic rings. The largest absolute Gasteiger partial charge is 0.496 e. The molecule has 0 bridgehead atoms. The summed E-state index contributed by atoms with van der Waals surface area (Å²) in [6, 6.07) is 11.2. The molecule has 7 heteroatoms. The first kappa shape index (κ1) is 18.3. The minimum atomic E-state index is -0.601. The van der Waals surface area contributed by atoms with Gasteiger partial charge in [0.15, 0.2) is 6.61 Å². The standard InChI is InChI=1S/C20H18O7/c1-12-6-19(21)27-18-10-13(4-5-17(12)18)25-11-20(22)26-16-8-14(23-2)7-15(9-16)24-3/h4-10H,11H2,1-3H3. The van der Waals surface area contributed by atoms with Gasteiger partial charge in [0, 0.05) is 35.7 Å². The smallest absolute Gasteiger partial charge is 0.349 e. The van der Waals surface area contributed by atoms with E-state index >= 15 is 0 Å². The zero-order valence-electron chi connectivity index (χ0n) is 15.1. The Kier molecular flexibility index (Phi) is 5.30. The van der Waals surface area contributed by atoms with E-state index in [4.69, 9.17) is 23.4 Å². The van der Waals surface area contributed by atoms with Gasteiger partial charge in [-0.1, -0.05) is 0 Å². The van der Waals surface area contributed by atoms with E-state index in [0.717, 1.165) is 10.9 Å². The molecular weight excluding hydrogens is 352 g/mol. The molecule has 0 saturated carbocycles.